The van der Waals surface area contributed by atoms with Crippen LogP contribution in [-0.4, -0.2) is 47.1 Å². The largest absolute Gasteiger partial charge is 0.491 e. The monoisotopic (exact) mass is 501 g/mol. The third-order valence-electron chi connectivity index (χ3n) is 6.35. The molecule has 0 radical (unpaired) electrons. The number of amides is 3. The van der Waals surface area contributed by atoms with Crippen molar-refractivity contribution in [2.24, 2.45) is 0 Å². The van der Waals surface area contributed by atoms with Crippen molar-refractivity contribution in [1.82, 2.24) is 4.90 Å². The van der Waals surface area contributed by atoms with Gasteiger partial charge in [-0.3, -0.25) is 9.59 Å². The zero-order chi connectivity index (χ0) is 26.2. The van der Waals surface area contributed by atoms with E-state index in [1.807, 2.05) is 48.2 Å². The number of likely N-dealkylation sites (tertiary alicyclic amines) is 1. The van der Waals surface area contributed by atoms with E-state index >= 15 is 0 Å². The standard InChI is InChI=1S/C29H31N3O5/c1-20-6-2-3-10-26(20)31-29(36)30-23-13-11-21(12-14-23)17-27(33)32-15-5-8-24(32)19-37-25-9-4-7-22(16-25)18-28(34)35/h2-4,6-7,9-14,16,24H,5,8,15,17-19H2,1H3,(H,34,35)(H2,30,31,36)/t24-/m0/s1. The van der Waals surface area contributed by atoms with Crippen molar-refractivity contribution in [3.63, 3.8) is 0 Å². The van der Waals surface area contributed by atoms with Crippen LogP contribution in [0.5, 0.6) is 5.75 Å². The first kappa shape index (κ1) is 25.8. The number of ether oxygens (including phenoxy) is 1. The number of carboxylic acid groups (broad SMARTS) is 1. The van der Waals surface area contributed by atoms with Gasteiger partial charge < -0.3 is 25.4 Å². The number of carbonyl (C=O) groups excluding carboxylic acids is 2. The van der Waals surface area contributed by atoms with Crippen LogP contribution >= 0.6 is 0 Å². The lowest BCUT2D eigenvalue weighted by Crippen LogP contribution is -2.39. The summed E-state index contributed by atoms with van der Waals surface area (Å²) in [5.74, 6) is -0.254. The lowest BCUT2D eigenvalue weighted by molar-refractivity contribution is -0.136. The Labute approximate surface area is 216 Å². The Balaban J connectivity index is 1.28. The molecule has 3 aromatic rings. The van der Waals surface area contributed by atoms with Gasteiger partial charge in [-0.1, -0.05) is 42.5 Å². The molecule has 3 aromatic carbocycles. The molecule has 0 spiro atoms. The van der Waals surface area contributed by atoms with E-state index in [9.17, 15) is 14.4 Å². The number of anilines is 2. The fourth-order valence-electron chi connectivity index (χ4n) is 4.43. The molecule has 3 N–H and O–H groups in total. The Morgan fingerprint density at radius 3 is 2.49 bits per heavy atom. The minimum atomic E-state index is -0.890. The molecule has 0 aliphatic carbocycles. The number of hydrogen-bond donors (Lipinski definition) is 3. The first-order valence-electron chi connectivity index (χ1n) is 12.3. The van der Waals surface area contributed by atoms with Gasteiger partial charge in [0, 0.05) is 17.9 Å². The Bertz CT molecular complexity index is 1260. The number of aryl methyl sites for hydroxylation is 1. The highest BCUT2D eigenvalue weighted by atomic mass is 16.5. The number of nitrogens with zero attached hydrogens (tertiary/aromatic N) is 1. The van der Waals surface area contributed by atoms with Crippen LogP contribution < -0.4 is 15.4 Å². The molecule has 1 aliphatic rings. The lowest BCUT2D eigenvalue weighted by Gasteiger charge is -2.25. The third-order valence-corrected chi connectivity index (χ3v) is 6.35. The molecule has 3 amide bonds. The van der Waals surface area contributed by atoms with E-state index in [-0.39, 0.29) is 30.8 Å². The first-order valence-corrected chi connectivity index (χ1v) is 12.3. The summed E-state index contributed by atoms with van der Waals surface area (Å²) >= 11 is 0. The summed E-state index contributed by atoms with van der Waals surface area (Å²) in [6.07, 6.45) is 1.98. The number of urea groups is 1. The number of nitrogens with one attached hydrogen (secondary N) is 2. The lowest BCUT2D eigenvalue weighted by atomic mass is 10.1. The highest BCUT2D eigenvalue weighted by molar-refractivity contribution is 6.00. The van der Waals surface area contributed by atoms with Crippen LogP contribution in [0.3, 0.4) is 0 Å². The van der Waals surface area contributed by atoms with E-state index < -0.39 is 5.97 Å². The van der Waals surface area contributed by atoms with Gasteiger partial charge in [0.15, 0.2) is 0 Å². The van der Waals surface area contributed by atoms with Crippen molar-refractivity contribution in [1.29, 1.82) is 0 Å². The Hall–Kier alpha value is -4.33. The smallest absolute Gasteiger partial charge is 0.323 e. The number of carbonyl (C=O) groups is 3. The summed E-state index contributed by atoms with van der Waals surface area (Å²) in [4.78, 5) is 38.2. The molecule has 1 saturated heterocycles. The van der Waals surface area contributed by atoms with Gasteiger partial charge in [-0.15, -0.1) is 0 Å². The summed E-state index contributed by atoms with van der Waals surface area (Å²) in [5, 5.41) is 14.6. The maximum atomic E-state index is 13.0. The molecule has 1 atom stereocenters. The van der Waals surface area contributed by atoms with Crippen LogP contribution in [0, 0.1) is 6.92 Å². The molecular weight excluding hydrogens is 470 g/mol. The third kappa shape index (κ3) is 7.33. The van der Waals surface area contributed by atoms with Gasteiger partial charge in [0.25, 0.3) is 0 Å². The number of benzene rings is 3. The van der Waals surface area contributed by atoms with Gasteiger partial charge in [0.1, 0.15) is 12.4 Å². The Kier molecular flexibility index (Phi) is 8.40. The number of para-hydroxylation sites is 1. The summed E-state index contributed by atoms with van der Waals surface area (Å²) in [5.41, 5.74) is 3.90. The molecule has 8 heteroatoms. The van der Waals surface area contributed by atoms with Crippen molar-refractivity contribution < 1.29 is 24.2 Å². The number of aliphatic carboxylic acids is 1. The molecule has 0 saturated carbocycles. The topological polar surface area (TPSA) is 108 Å². The highest BCUT2D eigenvalue weighted by Crippen LogP contribution is 2.22. The SMILES string of the molecule is Cc1ccccc1NC(=O)Nc1ccc(CC(=O)N2CCC[C@H]2COc2cccc(CC(=O)O)c2)cc1. The fraction of sp³-hybridized carbons (Fsp3) is 0.276. The van der Waals surface area contributed by atoms with E-state index in [0.29, 0.717) is 30.2 Å². The molecule has 0 unspecified atom stereocenters. The van der Waals surface area contributed by atoms with Crippen LogP contribution in [-0.2, 0) is 22.4 Å². The molecule has 1 fully saturated rings. The predicted molar refractivity (Wildman–Crippen MR) is 142 cm³/mol. The van der Waals surface area contributed by atoms with E-state index in [1.54, 1.807) is 36.4 Å². The summed E-state index contributed by atoms with van der Waals surface area (Å²) in [6.45, 7) is 2.98. The second-order valence-electron chi connectivity index (χ2n) is 9.18. The van der Waals surface area contributed by atoms with E-state index in [1.165, 1.54) is 0 Å². The van der Waals surface area contributed by atoms with E-state index in [4.69, 9.17) is 9.84 Å². The molecular formula is C29H31N3O5. The van der Waals surface area contributed by atoms with Gasteiger partial charge >= 0.3 is 12.0 Å². The number of rotatable bonds is 9. The van der Waals surface area contributed by atoms with Crippen LogP contribution in [0.2, 0.25) is 0 Å². The quantitative estimate of drug-likeness (QED) is 0.387. The van der Waals surface area contributed by atoms with E-state index in [0.717, 1.165) is 29.7 Å². The molecule has 1 heterocycles. The summed E-state index contributed by atoms with van der Waals surface area (Å²) in [6, 6.07) is 21.5. The van der Waals surface area contributed by atoms with Crippen molar-refractivity contribution >= 4 is 29.3 Å². The van der Waals surface area contributed by atoms with Crippen molar-refractivity contribution in [3.05, 3.63) is 89.5 Å². The maximum absolute atomic E-state index is 13.0. The molecule has 0 aromatic heterocycles. The summed E-state index contributed by atoms with van der Waals surface area (Å²) in [7, 11) is 0. The highest BCUT2D eigenvalue weighted by Gasteiger charge is 2.29. The summed E-state index contributed by atoms with van der Waals surface area (Å²) < 4.78 is 5.91. The van der Waals surface area contributed by atoms with Gasteiger partial charge in [-0.2, -0.15) is 0 Å². The molecule has 1 aliphatic heterocycles. The zero-order valence-electron chi connectivity index (χ0n) is 20.8. The maximum Gasteiger partial charge on any atom is 0.323 e. The second kappa shape index (κ2) is 12.1. The van der Waals surface area contributed by atoms with Gasteiger partial charge in [-0.25, -0.2) is 4.79 Å². The van der Waals surface area contributed by atoms with Crippen LogP contribution in [0.15, 0.2) is 72.8 Å². The van der Waals surface area contributed by atoms with Crippen LogP contribution in [0.25, 0.3) is 0 Å². The minimum absolute atomic E-state index is 0.0262. The zero-order valence-corrected chi connectivity index (χ0v) is 20.8. The normalized spacial score (nSPS) is 14.7. The Morgan fingerprint density at radius 2 is 1.73 bits per heavy atom. The molecule has 37 heavy (non-hydrogen) atoms. The Morgan fingerprint density at radius 1 is 0.946 bits per heavy atom. The second-order valence-corrected chi connectivity index (χ2v) is 9.18. The predicted octanol–water partition coefficient (Wildman–Crippen LogP) is 4.88. The van der Waals surface area contributed by atoms with Gasteiger partial charge in [-0.05, 0) is 66.8 Å². The molecule has 8 nitrogen and oxygen atoms in total. The number of carboxylic acids is 1. The van der Waals surface area contributed by atoms with Crippen molar-refractivity contribution in [2.75, 3.05) is 23.8 Å². The van der Waals surface area contributed by atoms with Crippen molar-refractivity contribution in [2.45, 2.75) is 38.6 Å². The molecule has 0 bridgehead atoms. The average Bonchev–Trinajstić information content (AvgIpc) is 3.34. The minimum Gasteiger partial charge on any atom is -0.491 e. The van der Waals surface area contributed by atoms with Crippen LogP contribution in [0.4, 0.5) is 16.2 Å². The fourth-order valence-corrected chi connectivity index (χ4v) is 4.43. The molecule has 192 valence electrons. The van der Waals surface area contributed by atoms with Crippen LogP contribution in [0.1, 0.15) is 29.5 Å². The van der Waals surface area contributed by atoms with Crippen molar-refractivity contribution in [3.8, 4) is 5.75 Å². The number of hydrogen-bond acceptors (Lipinski definition) is 4. The first-order chi connectivity index (χ1) is 17.9. The molecule has 4 rings (SSSR count). The average molecular weight is 502 g/mol. The van der Waals surface area contributed by atoms with Gasteiger partial charge in [0.05, 0.1) is 18.9 Å². The van der Waals surface area contributed by atoms with E-state index in [2.05, 4.69) is 10.6 Å². The van der Waals surface area contributed by atoms with Gasteiger partial charge in [0.2, 0.25) is 5.91 Å².